The quantitative estimate of drug-likeness (QED) is 0.804. The highest BCUT2D eigenvalue weighted by Gasteiger charge is 2.17. The van der Waals surface area contributed by atoms with E-state index < -0.39 is 0 Å². The molecule has 4 heteroatoms. The van der Waals surface area contributed by atoms with E-state index in [1.807, 2.05) is 52.0 Å². The zero-order chi connectivity index (χ0) is 15.7. The number of aryl methyl sites for hydroxylation is 4. The number of halogens is 1. The second-order valence-electron chi connectivity index (χ2n) is 5.79. The predicted molar refractivity (Wildman–Crippen MR) is 93.3 cm³/mol. The molecule has 0 heterocycles. The SMILES string of the molecule is Cc1cc(C(CN)c2cc(C)c(O)c(C)c2)cc(C)c1O.Cl. The van der Waals surface area contributed by atoms with E-state index in [1.165, 1.54) is 0 Å². The first-order valence-electron chi connectivity index (χ1n) is 7.15. The number of rotatable bonds is 3. The Bertz CT molecular complexity index is 579. The lowest BCUT2D eigenvalue weighted by molar-refractivity contribution is 0.466. The van der Waals surface area contributed by atoms with Gasteiger partial charge in [0.15, 0.2) is 0 Å². The first-order chi connectivity index (χ1) is 9.85. The van der Waals surface area contributed by atoms with Crippen LogP contribution in [0.1, 0.15) is 39.3 Å². The van der Waals surface area contributed by atoms with E-state index in [-0.39, 0.29) is 18.3 Å². The van der Waals surface area contributed by atoms with Gasteiger partial charge in [0, 0.05) is 12.5 Å². The van der Waals surface area contributed by atoms with Crippen LogP contribution in [0.4, 0.5) is 0 Å². The van der Waals surface area contributed by atoms with Gasteiger partial charge in [0.1, 0.15) is 11.5 Å². The largest absolute Gasteiger partial charge is 0.507 e. The Morgan fingerprint density at radius 3 is 1.27 bits per heavy atom. The number of benzene rings is 2. The molecule has 0 unspecified atom stereocenters. The summed E-state index contributed by atoms with van der Waals surface area (Å²) in [6.45, 7) is 8.06. The van der Waals surface area contributed by atoms with Crippen LogP contribution >= 0.6 is 12.4 Å². The van der Waals surface area contributed by atoms with Crippen molar-refractivity contribution in [1.29, 1.82) is 0 Å². The third-order valence-electron chi connectivity index (χ3n) is 4.07. The van der Waals surface area contributed by atoms with Crippen LogP contribution in [0.3, 0.4) is 0 Å². The van der Waals surface area contributed by atoms with Gasteiger partial charge in [-0.2, -0.15) is 0 Å². The molecule has 120 valence electrons. The molecule has 0 radical (unpaired) electrons. The third-order valence-corrected chi connectivity index (χ3v) is 4.07. The number of aromatic hydroxyl groups is 2. The fourth-order valence-corrected chi connectivity index (χ4v) is 2.85. The number of phenols is 2. The van der Waals surface area contributed by atoms with Crippen LogP contribution < -0.4 is 5.73 Å². The standard InChI is InChI=1S/C18H23NO2.ClH/c1-10-5-14(6-11(2)17(10)20)16(9-19)15-7-12(3)18(21)13(4)8-15;/h5-8,16,20-21H,9,19H2,1-4H3;1H. The maximum absolute atomic E-state index is 9.92. The predicted octanol–water partition coefficient (Wildman–Crippen LogP) is 3.84. The molecule has 0 bridgehead atoms. The van der Waals surface area contributed by atoms with Crippen molar-refractivity contribution in [3.63, 3.8) is 0 Å². The number of hydrogen-bond acceptors (Lipinski definition) is 3. The Morgan fingerprint density at radius 1 is 0.773 bits per heavy atom. The molecule has 2 aromatic rings. The maximum Gasteiger partial charge on any atom is 0.121 e. The molecule has 2 rings (SSSR count). The molecule has 0 fully saturated rings. The van der Waals surface area contributed by atoms with Crippen molar-refractivity contribution in [1.82, 2.24) is 0 Å². The summed E-state index contributed by atoms with van der Waals surface area (Å²) in [5.41, 5.74) is 11.6. The van der Waals surface area contributed by atoms with Crippen LogP contribution in [0.2, 0.25) is 0 Å². The number of nitrogens with two attached hydrogens (primary N) is 1. The van der Waals surface area contributed by atoms with Gasteiger partial charge in [0.05, 0.1) is 0 Å². The Morgan fingerprint density at radius 2 is 1.05 bits per heavy atom. The molecule has 0 aromatic heterocycles. The summed E-state index contributed by atoms with van der Waals surface area (Å²) in [6, 6.07) is 7.93. The summed E-state index contributed by atoms with van der Waals surface area (Å²) in [4.78, 5) is 0. The molecular weight excluding hydrogens is 298 g/mol. The van der Waals surface area contributed by atoms with E-state index in [0.717, 1.165) is 33.4 Å². The molecule has 3 nitrogen and oxygen atoms in total. The Hall–Kier alpha value is -1.71. The second kappa shape index (κ2) is 7.03. The molecule has 0 saturated carbocycles. The van der Waals surface area contributed by atoms with Crippen molar-refractivity contribution in [3.05, 3.63) is 57.6 Å². The van der Waals surface area contributed by atoms with Crippen LogP contribution in [0.5, 0.6) is 11.5 Å². The lowest BCUT2D eigenvalue weighted by Gasteiger charge is -2.20. The van der Waals surface area contributed by atoms with Crippen molar-refractivity contribution in [2.75, 3.05) is 6.54 Å². The summed E-state index contributed by atoms with van der Waals surface area (Å²) < 4.78 is 0. The zero-order valence-corrected chi connectivity index (χ0v) is 14.3. The highest BCUT2D eigenvalue weighted by Crippen LogP contribution is 2.33. The highest BCUT2D eigenvalue weighted by molar-refractivity contribution is 5.85. The van der Waals surface area contributed by atoms with Gasteiger partial charge in [-0.25, -0.2) is 0 Å². The van der Waals surface area contributed by atoms with Crippen LogP contribution in [0, 0.1) is 27.7 Å². The van der Waals surface area contributed by atoms with Crippen molar-refractivity contribution in [3.8, 4) is 11.5 Å². The summed E-state index contributed by atoms with van der Waals surface area (Å²) in [5.74, 6) is 0.737. The van der Waals surface area contributed by atoms with E-state index >= 15 is 0 Å². The minimum Gasteiger partial charge on any atom is -0.507 e. The van der Waals surface area contributed by atoms with Gasteiger partial charge >= 0.3 is 0 Å². The summed E-state index contributed by atoms with van der Waals surface area (Å²) in [7, 11) is 0. The second-order valence-corrected chi connectivity index (χ2v) is 5.79. The van der Waals surface area contributed by atoms with E-state index in [1.54, 1.807) is 0 Å². The molecule has 4 N–H and O–H groups in total. The van der Waals surface area contributed by atoms with E-state index in [0.29, 0.717) is 18.0 Å². The van der Waals surface area contributed by atoms with Crippen molar-refractivity contribution in [2.45, 2.75) is 33.6 Å². The van der Waals surface area contributed by atoms with E-state index in [4.69, 9.17) is 5.73 Å². The fraction of sp³-hybridized carbons (Fsp3) is 0.333. The van der Waals surface area contributed by atoms with Crippen molar-refractivity contribution < 1.29 is 10.2 Å². The molecule has 0 aliphatic carbocycles. The molecule has 0 amide bonds. The van der Waals surface area contributed by atoms with Gasteiger partial charge in [0.25, 0.3) is 0 Å². The molecular formula is C18H24ClNO2. The molecule has 0 aliphatic heterocycles. The van der Waals surface area contributed by atoms with E-state index in [9.17, 15) is 10.2 Å². The molecule has 0 saturated heterocycles. The first kappa shape index (κ1) is 18.3. The summed E-state index contributed by atoms with van der Waals surface area (Å²) >= 11 is 0. The minimum absolute atomic E-state index is 0. The van der Waals surface area contributed by atoms with Gasteiger partial charge in [0.2, 0.25) is 0 Å². The first-order valence-corrected chi connectivity index (χ1v) is 7.15. The zero-order valence-electron chi connectivity index (χ0n) is 13.5. The smallest absolute Gasteiger partial charge is 0.121 e. The van der Waals surface area contributed by atoms with Gasteiger partial charge < -0.3 is 15.9 Å². The van der Waals surface area contributed by atoms with Crippen LogP contribution in [-0.2, 0) is 0 Å². The fourth-order valence-electron chi connectivity index (χ4n) is 2.85. The topological polar surface area (TPSA) is 66.5 Å². The molecule has 0 atom stereocenters. The molecule has 2 aromatic carbocycles. The number of hydrogen-bond donors (Lipinski definition) is 3. The molecule has 0 spiro atoms. The Kier molecular flexibility index (Phi) is 5.86. The number of phenolic OH excluding ortho intramolecular Hbond substituents is 2. The van der Waals surface area contributed by atoms with E-state index in [2.05, 4.69) is 0 Å². The third kappa shape index (κ3) is 3.37. The van der Waals surface area contributed by atoms with Gasteiger partial charge in [-0.05, 0) is 61.1 Å². The highest BCUT2D eigenvalue weighted by atomic mass is 35.5. The lowest BCUT2D eigenvalue weighted by atomic mass is 9.87. The molecule has 0 aliphatic rings. The normalized spacial score (nSPS) is 10.6. The molecule has 22 heavy (non-hydrogen) atoms. The lowest BCUT2D eigenvalue weighted by Crippen LogP contribution is -2.14. The van der Waals surface area contributed by atoms with Crippen molar-refractivity contribution >= 4 is 12.4 Å². The summed E-state index contributed by atoms with van der Waals surface area (Å²) in [6.07, 6.45) is 0. The minimum atomic E-state index is 0. The van der Waals surface area contributed by atoms with Gasteiger partial charge in [-0.15, -0.1) is 12.4 Å². The summed E-state index contributed by atoms with van der Waals surface area (Å²) in [5, 5.41) is 19.8. The average Bonchev–Trinajstić information content (AvgIpc) is 2.42. The average molecular weight is 322 g/mol. The Labute approximate surface area is 138 Å². The van der Waals surface area contributed by atoms with Gasteiger partial charge in [-0.3, -0.25) is 0 Å². The maximum atomic E-state index is 9.92. The van der Waals surface area contributed by atoms with Crippen LogP contribution in [0.15, 0.2) is 24.3 Å². The monoisotopic (exact) mass is 321 g/mol. The Balaban J connectivity index is 0.00000242. The van der Waals surface area contributed by atoms with Crippen LogP contribution in [-0.4, -0.2) is 16.8 Å². The van der Waals surface area contributed by atoms with Gasteiger partial charge in [-0.1, -0.05) is 24.3 Å². The van der Waals surface area contributed by atoms with Crippen LogP contribution in [0.25, 0.3) is 0 Å². The van der Waals surface area contributed by atoms with Crippen molar-refractivity contribution in [2.24, 2.45) is 5.73 Å².